The Morgan fingerprint density at radius 2 is 1.86 bits per heavy atom. The number of nitrogens with zero attached hydrogens (tertiary/aromatic N) is 1. The second kappa shape index (κ2) is 8.78. The Bertz CT molecular complexity index is 976. The maximum Gasteiger partial charge on any atom is 0.220 e. The Hall–Kier alpha value is -2.66. The molecule has 0 saturated heterocycles. The monoisotopic (exact) mass is 395 g/mol. The van der Waals surface area contributed by atoms with Crippen molar-refractivity contribution >= 4 is 16.8 Å². The van der Waals surface area contributed by atoms with Gasteiger partial charge in [-0.25, -0.2) is 4.39 Å². The minimum atomic E-state index is -0.271. The van der Waals surface area contributed by atoms with Gasteiger partial charge in [0.05, 0.1) is 0 Å². The van der Waals surface area contributed by atoms with Crippen LogP contribution in [-0.4, -0.2) is 43.0 Å². The topological polar surface area (TPSA) is 48.1 Å². The predicted molar refractivity (Wildman–Crippen MR) is 117 cm³/mol. The number of aromatic amines is 1. The number of benzene rings is 2. The van der Waals surface area contributed by atoms with Crippen molar-refractivity contribution in [2.75, 3.05) is 27.2 Å². The van der Waals surface area contributed by atoms with Crippen LogP contribution >= 0.6 is 0 Å². The highest BCUT2D eigenvalue weighted by Crippen LogP contribution is 2.31. The first kappa shape index (κ1) is 21.1. The van der Waals surface area contributed by atoms with E-state index in [-0.39, 0.29) is 17.1 Å². The average Bonchev–Trinajstić information content (AvgIpc) is 3.02. The fourth-order valence-electron chi connectivity index (χ4n) is 3.91. The molecule has 0 bridgehead atoms. The minimum Gasteiger partial charge on any atom is -0.356 e. The maximum atomic E-state index is 13.9. The van der Waals surface area contributed by atoms with E-state index in [1.165, 1.54) is 6.07 Å². The van der Waals surface area contributed by atoms with Crippen molar-refractivity contribution in [3.8, 4) is 11.3 Å². The number of amides is 1. The minimum absolute atomic E-state index is 0.00172. The zero-order chi connectivity index (χ0) is 21.0. The Morgan fingerprint density at radius 1 is 1.14 bits per heavy atom. The van der Waals surface area contributed by atoms with E-state index in [0.717, 1.165) is 34.3 Å². The normalized spacial score (nSPS) is 11.9. The van der Waals surface area contributed by atoms with Gasteiger partial charge in [0.25, 0.3) is 0 Å². The molecule has 0 fully saturated rings. The first-order valence-electron chi connectivity index (χ1n) is 10.0. The third kappa shape index (κ3) is 5.45. The van der Waals surface area contributed by atoms with Crippen molar-refractivity contribution in [2.24, 2.45) is 5.41 Å². The molecule has 0 aliphatic carbocycles. The van der Waals surface area contributed by atoms with Crippen LogP contribution in [0.4, 0.5) is 4.39 Å². The third-order valence-corrected chi connectivity index (χ3v) is 5.04. The summed E-state index contributed by atoms with van der Waals surface area (Å²) >= 11 is 0. The molecule has 1 heterocycles. The molecule has 1 aromatic heterocycles. The summed E-state index contributed by atoms with van der Waals surface area (Å²) in [6.07, 6.45) is 0.912. The lowest BCUT2D eigenvalue weighted by molar-refractivity contribution is -0.121. The van der Waals surface area contributed by atoms with Gasteiger partial charge in [0.1, 0.15) is 5.82 Å². The van der Waals surface area contributed by atoms with Gasteiger partial charge in [-0.3, -0.25) is 4.79 Å². The number of H-pyrrole nitrogens is 1. The van der Waals surface area contributed by atoms with Crippen molar-refractivity contribution < 1.29 is 9.18 Å². The van der Waals surface area contributed by atoms with E-state index in [1.807, 2.05) is 44.4 Å². The summed E-state index contributed by atoms with van der Waals surface area (Å²) in [5.74, 6) is -0.256. The largest absolute Gasteiger partial charge is 0.356 e. The molecule has 3 rings (SSSR count). The zero-order valence-electron chi connectivity index (χ0n) is 17.7. The van der Waals surface area contributed by atoms with Crippen molar-refractivity contribution in [1.82, 2.24) is 15.2 Å². The van der Waals surface area contributed by atoms with Crippen molar-refractivity contribution in [3.05, 3.63) is 59.9 Å². The van der Waals surface area contributed by atoms with Crippen LogP contribution in [0.5, 0.6) is 0 Å². The summed E-state index contributed by atoms with van der Waals surface area (Å²) < 4.78 is 13.9. The SMILES string of the molecule is CN(C)CC(C)(C)CNC(=O)CCc1c(-c2ccccc2)[nH]c2ccc(F)cc12. The number of nitrogens with one attached hydrogen (secondary N) is 2. The summed E-state index contributed by atoms with van der Waals surface area (Å²) in [4.78, 5) is 18.0. The van der Waals surface area contributed by atoms with Gasteiger partial charge in [-0.2, -0.15) is 0 Å². The third-order valence-electron chi connectivity index (χ3n) is 5.04. The van der Waals surface area contributed by atoms with Crippen molar-refractivity contribution in [2.45, 2.75) is 26.7 Å². The number of carbonyl (C=O) groups is 1. The first-order chi connectivity index (χ1) is 13.7. The molecule has 3 aromatic rings. The molecule has 1 amide bonds. The van der Waals surface area contributed by atoms with Crippen LogP contribution in [0.3, 0.4) is 0 Å². The van der Waals surface area contributed by atoms with Crippen LogP contribution in [-0.2, 0) is 11.2 Å². The number of aromatic nitrogens is 1. The number of hydrogen-bond donors (Lipinski definition) is 2. The van der Waals surface area contributed by atoms with Gasteiger partial charge in [0.15, 0.2) is 0 Å². The van der Waals surface area contributed by atoms with Gasteiger partial charge < -0.3 is 15.2 Å². The molecule has 2 aromatic carbocycles. The van der Waals surface area contributed by atoms with Gasteiger partial charge >= 0.3 is 0 Å². The van der Waals surface area contributed by atoms with Crippen LogP contribution in [0.25, 0.3) is 22.2 Å². The smallest absolute Gasteiger partial charge is 0.220 e. The van der Waals surface area contributed by atoms with Gasteiger partial charge in [0, 0.05) is 36.1 Å². The molecular weight excluding hydrogens is 365 g/mol. The van der Waals surface area contributed by atoms with Crippen LogP contribution in [0.2, 0.25) is 0 Å². The number of halogens is 1. The highest BCUT2D eigenvalue weighted by molar-refractivity contribution is 5.91. The number of fused-ring (bicyclic) bond motifs is 1. The van der Waals surface area contributed by atoms with E-state index in [2.05, 4.69) is 29.0 Å². The molecule has 0 unspecified atom stereocenters. The Kier molecular flexibility index (Phi) is 6.38. The number of hydrogen-bond acceptors (Lipinski definition) is 2. The van der Waals surface area contributed by atoms with Crippen molar-refractivity contribution in [1.29, 1.82) is 0 Å². The highest BCUT2D eigenvalue weighted by atomic mass is 19.1. The molecule has 0 radical (unpaired) electrons. The van der Waals surface area contributed by atoms with Crippen LogP contribution in [0.1, 0.15) is 25.8 Å². The Balaban J connectivity index is 1.77. The standard InChI is InChI=1S/C24H30FN3O/c1-24(2,16-28(3)4)15-26-22(29)13-11-19-20-14-18(25)10-12-21(20)27-23(19)17-8-6-5-7-9-17/h5-10,12,14,27H,11,13,15-16H2,1-4H3,(H,26,29). The lowest BCUT2D eigenvalue weighted by Crippen LogP contribution is -2.40. The zero-order valence-corrected chi connectivity index (χ0v) is 17.7. The Labute approximate surface area is 172 Å². The molecule has 29 heavy (non-hydrogen) atoms. The molecule has 0 atom stereocenters. The van der Waals surface area contributed by atoms with Crippen LogP contribution in [0, 0.1) is 11.2 Å². The highest BCUT2D eigenvalue weighted by Gasteiger charge is 2.20. The second-order valence-electron chi connectivity index (χ2n) is 8.71. The lowest BCUT2D eigenvalue weighted by atomic mass is 9.93. The fourth-order valence-corrected chi connectivity index (χ4v) is 3.91. The van der Waals surface area contributed by atoms with Gasteiger partial charge in [-0.05, 0) is 55.3 Å². The molecule has 4 nitrogen and oxygen atoms in total. The van der Waals surface area contributed by atoms with Crippen molar-refractivity contribution in [3.63, 3.8) is 0 Å². The number of aryl methyl sites for hydroxylation is 1. The summed E-state index contributed by atoms with van der Waals surface area (Å²) in [5, 5.41) is 3.90. The summed E-state index contributed by atoms with van der Waals surface area (Å²) in [6, 6.07) is 14.7. The fraction of sp³-hybridized carbons (Fsp3) is 0.375. The van der Waals surface area contributed by atoms with E-state index in [0.29, 0.717) is 19.4 Å². The van der Waals surface area contributed by atoms with E-state index < -0.39 is 0 Å². The predicted octanol–water partition coefficient (Wildman–Crippen LogP) is 4.61. The molecule has 0 aliphatic rings. The van der Waals surface area contributed by atoms with Crippen LogP contribution in [0.15, 0.2) is 48.5 Å². The van der Waals surface area contributed by atoms with Gasteiger partial charge in [0.2, 0.25) is 5.91 Å². The molecule has 0 spiro atoms. The molecule has 2 N–H and O–H groups in total. The maximum absolute atomic E-state index is 13.9. The summed E-state index contributed by atoms with van der Waals surface area (Å²) in [5.41, 5.74) is 3.85. The molecule has 5 heteroatoms. The first-order valence-corrected chi connectivity index (χ1v) is 10.0. The quantitative estimate of drug-likeness (QED) is 0.585. The average molecular weight is 396 g/mol. The van der Waals surface area contributed by atoms with E-state index in [1.54, 1.807) is 12.1 Å². The number of carbonyl (C=O) groups excluding carboxylic acids is 1. The summed E-state index contributed by atoms with van der Waals surface area (Å²) in [7, 11) is 4.07. The second-order valence-corrected chi connectivity index (χ2v) is 8.71. The summed E-state index contributed by atoms with van der Waals surface area (Å²) in [6.45, 7) is 5.80. The molecule has 0 aliphatic heterocycles. The molecule has 0 saturated carbocycles. The van der Waals surface area contributed by atoms with E-state index >= 15 is 0 Å². The van der Waals surface area contributed by atoms with Gasteiger partial charge in [-0.15, -0.1) is 0 Å². The lowest BCUT2D eigenvalue weighted by Gasteiger charge is -2.28. The molecule has 154 valence electrons. The number of rotatable bonds is 8. The van der Waals surface area contributed by atoms with Crippen LogP contribution < -0.4 is 5.32 Å². The van der Waals surface area contributed by atoms with E-state index in [4.69, 9.17) is 0 Å². The Morgan fingerprint density at radius 3 is 2.55 bits per heavy atom. The molecular formula is C24H30FN3O. The van der Waals surface area contributed by atoms with E-state index in [9.17, 15) is 9.18 Å². The van der Waals surface area contributed by atoms with Gasteiger partial charge in [-0.1, -0.05) is 44.2 Å².